The van der Waals surface area contributed by atoms with Crippen LogP contribution in [-0.2, 0) is 4.79 Å². The van der Waals surface area contributed by atoms with E-state index in [-0.39, 0.29) is 42.4 Å². The van der Waals surface area contributed by atoms with E-state index < -0.39 is 0 Å². The van der Waals surface area contributed by atoms with E-state index in [0.717, 1.165) is 19.4 Å². The number of benzene rings is 1. The molecule has 154 valence electrons. The molecular formula is C21H31N3O4. The summed E-state index contributed by atoms with van der Waals surface area (Å²) in [5.74, 6) is 0.518. The monoisotopic (exact) mass is 389 g/mol. The molecule has 1 heterocycles. The molecule has 1 aliphatic heterocycles. The van der Waals surface area contributed by atoms with Crippen LogP contribution in [0.4, 0.5) is 5.69 Å². The van der Waals surface area contributed by atoms with Crippen molar-refractivity contribution in [3.63, 3.8) is 0 Å². The van der Waals surface area contributed by atoms with Crippen LogP contribution in [0, 0.1) is 11.8 Å². The number of hydrogen-bond acceptors (Lipinski definition) is 5. The summed E-state index contributed by atoms with van der Waals surface area (Å²) in [4.78, 5) is 29.1. The van der Waals surface area contributed by atoms with E-state index >= 15 is 0 Å². The van der Waals surface area contributed by atoms with Gasteiger partial charge in [0.15, 0.2) is 0 Å². The first-order valence-corrected chi connectivity index (χ1v) is 9.98. The van der Waals surface area contributed by atoms with E-state index in [9.17, 15) is 14.7 Å². The molecule has 0 aromatic heterocycles. The maximum Gasteiger partial charge on any atom is 0.258 e. The molecule has 28 heavy (non-hydrogen) atoms. The van der Waals surface area contributed by atoms with Crippen molar-refractivity contribution in [2.24, 2.45) is 11.8 Å². The second-order valence-corrected chi connectivity index (χ2v) is 8.36. The summed E-state index contributed by atoms with van der Waals surface area (Å²) in [6, 6.07) is 4.94. The quantitative estimate of drug-likeness (QED) is 0.776. The van der Waals surface area contributed by atoms with E-state index in [1.165, 1.54) is 0 Å². The summed E-state index contributed by atoms with van der Waals surface area (Å²) in [5.41, 5.74) is 1.02. The van der Waals surface area contributed by atoms with Crippen LogP contribution in [-0.4, -0.2) is 72.7 Å². The fraction of sp³-hybridized carbons (Fsp3) is 0.619. The molecule has 0 radical (unpaired) electrons. The summed E-state index contributed by atoms with van der Waals surface area (Å²) < 4.78 is 6.25. The zero-order chi connectivity index (χ0) is 20.4. The molecule has 1 aromatic rings. The lowest BCUT2D eigenvalue weighted by atomic mass is 9.99. The fourth-order valence-corrected chi connectivity index (χ4v) is 3.47. The Labute approximate surface area is 166 Å². The van der Waals surface area contributed by atoms with Crippen molar-refractivity contribution in [2.75, 3.05) is 39.1 Å². The molecule has 1 aliphatic carbocycles. The molecular weight excluding hydrogens is 358 g/mol. The third kappa shape index (κ3) is 4.64. The molecule has 2 amide bonds. The highest BCUT2D eigenvalue weighted by Crippen LogP contribution is 2.33. The van der Waals surface area contributed by atoms with Crippen LogP contribution in [0.1, 0.15) is 37.0 Å². The number of amides is 2. The highest BCUT2D eigenvalue weighted by molar-refractivity contribution is 6.00. The Bertz CT molecular complexity index is 732. The number of hydrogen-bond donors (Lipinski definition) is 2. The van der Waals surface area contributed by atoms with E-state index in [4.69, 9.17) is 4.74 Å². The van der Waals surface area contributed by atoms with Gasteiger partial charge in [-0.15, -0.1) is 0 Å². The highest BCUT2D eigenvalue weighted by Gasteiger charge is 2.34. The summed E-state index contributed by atoms with van der Waals surface area (Å²) in [5, 5.41) is 12.6. The van der Waals surface area contributed by atoms with Gasteiger partial charge in [0, 0.05) is 30.6 Å². The Morgan fingerprint density at radius 3 is 2.71 bits per heavy atom. The number of likely N-dealkylation sites (N-methyl/N-ethyl adjacent to an activating group) is 1. The molecule has 1 aromatic carbocycles. The van der Waals surface area contributed by atoms with Gasteiger partial charge in [-0.1, -0.05) is 6.92 Å². The van der Waals surface area contributed by atoms with Gasteiger partial charge >= 0.3 is 0 Å². The summed E-state index contributed by atoms with van der Waals surface area (Å²) in [6.45, 7) is 5.01. The second-order valence-electron chi connectivity index (χ2n) is 8.36. The number of carbonyl (C=O) groups is 2. The van der Waals surface area contributed by atoms with Crippen molar-refractivity contribution < 1.29 is 19.4 Å². The normalized spacial score (nSPS) is 23.5. The Morgan fingerprint density at radius 1 is 1.39 bits per heavy atom. The van der Waals surface area contributed by atoms with E-state index in [2.05, 4.69) is 17.1 Å². The molecule has 0 unspecified atom stereocenters. The Balaban J connectivity index is 1.95. The number of ether oxygens (including phenoxy) is 1. The number of rotatable bonds is 6. The van der Waals surface area contributed by atoms with Crippen LogP contribution in [0.3, 0.4) is 0 Å². The lowest BCUT2D eigenvalue weighted by Gasteiger charge is -2.37. The molecule has 2 N–H and O–H groups in total. The van der Waals surface area contributed by atoms with Crippen molar-refractivity contribution in [1.29, 1.82) is 0 Å². The minimum absolute atomic E-state index is 0.00106. The molecule has 7 nitrogen and oxygen atoms in total. The predicted molar refractivity (Wildman–Crippen MR) is 108 cm³/mol. The molecule has 7 heteroatoms. The van der Waals surface area contributed by atoms with Crippen LogP contribution in [0.2, 0.25) is 0 Å². The standard InChI is InChI=1S/C21H31N3O4/c1-13-10-24(14(2)12-25)21(27)17-9-16(22-20(26)15-5-6-15)7-8-18(17)28-19(13)11-23(3)4/h7-9,13-15,19,25H,5-6,10-12H2,1-4H3,(H,22,26)/t13-,14+,19+/m1/s1. The molecule has 2 aliphatic rings. The first kappa shape index (κ1) is 20.6. The number of aliphatic hydroxyl groups excluding tert-OH is 1. The third-order valence-corrected chi connectivity index (χ3v) is 5.43. The first-order valence-electron chi connectivity index (χ1n) is 9.98. The van der Waals surface area contributed by atoms with Crippen LogP contribution in [0.15, 0.2) is 18.2 Å². The maximum atomic E-state index is 13.3. The van der Waals surface area contributed by atoms with Crippen LogP contribution >= 0.6 is 0 Å². The largest absolute Gasteiger partial charge is 0.488 e. The third-order valence-electron chi connectivity index (χ3n) is 5.43. The number of nitrogens with one attached hydrogen (secondary N) is 1. The van der Waals surface area contributed by atoms with E-state index in [1.807, 2.05) is 21.0 Å². The minimum Gasteiger partial charge on any atom is -0.488 e. The van der Waals surface area contributed by atoms with Crippen LogP contribution in [0.5, 0.6) is 5.75 Å². The number of nitrogens with zero attached hydrogens (tertiary/aromatic N) is 2. The zero-order valence-corrected chi connectivity index (χ0v) is 17.1. The minimum atomic E-state index is -0.300. The van der Waals surface area contributed by atoms with Gasteiger partial charge in [0.2, 0.25) is 5.91 Å². The lowest BCUT2D eigenvalue weighted by molar-refractivity contribution is -0.117. The number of fused-ring (bicyclic) bond motifs is 1. The number of anilines is 1. The van der Waals surface area contributed by atoms with Crippen LogP contribution in [0.25, 0.3) is 0 Å². The van der Waals surface area contributed by atoms with Gasteiger partial charge in [-0.25, -0.2) is 0 Å². The van der Waals surface area contributed by atoms with Crippen molar-refractivity contribution in [1.82, 2.24) is 9.80 Å². The Kier molecular flexibility index (Phi) is 6.25. The van der Waals surface area contributed by atoms with Crippen molar-refractivity contribution >= 4 is 17.5 Å². The van der Waals surface area contributed by atoms with Gasteiger partial charge in [-0.2, -0.15) is 0 Å². The van der Waals surface area contributed by atoms with Crippen molar-refractivity contribution in [3.8, 4) is 5.75 Å². The van der Waals surface area contributed by atoms with Crippen molar-refractivity contribution in [3.05, 3.63) is 23.8 Å². The number of carbonyl (C=O) groups excluding carboxylic acids is 2. The van der Waals surface area contributed by atoms with Gasteiger partial charge in [0.1, 0.15) is 11.9 Å². The Hall–Kier alpha value is -2.12. The zero-order valence-electron chi connectivity index (χ0n) is 17.1. The molecule has 0 bridgehead atoms. The van der Waals surface area contributed by atoms with E-state index in [0.29, 0.717) is 23.5 Å². The summed E-state index contributed by atoms with van der Waals surface area (Å²) >= 11 is 0. The lowest BCUT2D eigenvalue weighted by Crippen LogP contribution is -2.49. The van der Waals surface area contributed by atoms with E-state index in [1.54, 1.807) is 23.1 Å². The fourth-order valence-electron chi connectivity index (χ4n) is 3.47. The van der Waals surface area contributed by atoms with Crippen molar-refractivity contribution in [2.45, 2.75) is 38.8 Å². The highest BCUT2D eigenvalue weighted by atomic mass is 16.5. The van der Waals surface area contributed by atoms with Crippen LogP contribution < -0.4 is 10.1 Å². The second kappa shape index (κ2) is 8.49. The van der Waals surface area contributed by atoms with Gasteiger partial charge in [0.05, 0.1) is 18.2 Å². The molecule has 1 fully saturated rings. The van der Waals surface area contributed by atoms with Gasteiger partial charge in [-0.3, -0.25) is 9.59 Å². The summed E-state index contributed by atoms with van der Waals surface area (Å²) in [6.07, 6.45) is 1.75. The van der Waals surface area contributed by atoms with Gasteiger partial charge < -0.3 is 25.0 Å². The number of aliphatic hydroxyl groups is 1. The molecule has 1 saturated carbocycles. The Morgan fingerprint density at radius 2 is 2.11 bits per heavy atom. The van der Waals surface area contributed by atoms with Gasteiger partial charge in [-0.05, 0) is 52.1 Å². The maximum absolute atomic E-state index is 13.3. The summed E-state index contributed by atoms with van der Waals surface area (Å²) in [7, 11) is 3.98. The smallest absolute Gasteiger partial charge is 0.258 e. The molecule has 0 saturated heterocycles. The topological polar surface area (TPSA) is 82.1 Å². The van der Waals surface area contributed by atoms with Gasteiger partial charge in [0.25, 0.3) is 5.91 Å². The molecule has 3 rings (SSSR count). The average molecular weight is 389 g/mol. The first-order chi connectivity index (χ1) is 13.3. The predicted octanol–water partition coefficient (Wildman–Crippen LogP) is 1.82. The SMILES string of the molecule is C[C@@H]1CN([C@@H](C)CO)C(=O)c2cc(NC(=O)C3CC3)ccc2O[C@H]1CN(C)C. The molecule has 0 spiro atoms. The molecule has 3 atom stereocenters. The average Bonchev–Trinajstić information content (AvgIpc) is 3.49.